The summed E-state index contributed by atoms with van der Waals surface area (Å²) in [5, 5.41) is 34.3. The summed E-state index contributed by atoms with van der Waals surface area (Å²) in [4.78, 5) is 51.4. The van der Waals surface area contributed by atoms with Crippen molar-refractivity contribution in [1.29, 1.82) is 0 Å². The minimum atomic E-state index is -1.01. The molecule has 3 aromatic rings. The fourth-order valence-electron chi connectivity index (χ4n) is 6.77. The number of aliphatic hydroxyl groups is 1. The molecule has 308 valence electrons. The molecule has 1 aliphatic rings. The van der Waals surface area contributed by atoms with E-state index in [0.717, 1.165) is 21.8 Å². The van der Waals surface area contributed by atoms with Crippen LogP contribution in [-0.4, -0.2) is 118 Å². The third kappa shape index (κ3) is 13.2. The van der Waals surface area contributed by atoms with Crippen LogP contribution in [0.5, 0.6) is 11.5 Å². The van der Waals surface area contributed by atoms with Crippen LogP contribution in [0.15, 0.2) is 53.9 Å². The number of aromatic nitrogens is 1. The number of carbonyl (C=O) groups excluding carboxylic acids is 3. The van der Waals surface area contributed by atoms with Gasteiger partial charge in [-0.15, -0.1) is 11.3 Å². The first-order valence-corrected chi connectivity index (χ1v) is 20.4. The monoisotopic (exact) mass is 793 g/mol. The SMILES string of the molecule is COc1cc(CN2CCN(C[C@H](O)[C@@H](Cc3ccccc3)NC(=O)[C@H](CNC(=O)N(C)Cc3csc(C(C)C)n3)C(C)C)[C@@H](C(=O)NC(C)(C)C)C2)ccc1O. The Morgan fingerprint density at radius 1 is 1.05 bits per heavy atom. The van der Waals surface area contributed by atoms with E-state index in [1.54, 1.807) is 35.4 Å². The van der Waals surface area contributed by atoms with Gasteiger partial charge >= 0.3 is 6.03 Å². The van der Waals surface area contributed by atoms with Crippen LogP contribution in [0, 0.1) is 11.8 Å². The molecule has 14 heteroatoms. The van der Waals surface area contributed by atoms with E-state index in [1.165, 1.54) is 7.11 Å². The number of hydrogen-bond acceptors (Lipinski definition) is 10. The van der Waals surface area contributed by atoms with Crippen molar-refractivity contribution in [2.24, 2.45) is 11.8 Å². The van der Waals surface area contributed by atoms with Gasteiger partial charge in [0.05, 0.1) is 42.4 Å². The predicted octanol–water partition coefficient (Wildman–Crippen LogP) is 4.58. The Bertz CT molecular complexity index is 1730. The number of rotatable bonds is 17. The predicted molar refractivity (Wildman–Crippen MR) is 221 cm³/mol. The Balaban J connectivity index is 1.47. The van der Waals surface area contributed by atoms with Crippen LogP contribution in [-0.2, 0) is 29.1 Å². The van der Waals surface area contributed by atoms with Crippen LogP contribution < -0.4 is 20.7 Å². The van der Waals surface area contributed by atoms with Gasteiger partial charge in [-0.2, -0.15) is 0 Å². The van der Waals surface area contributed by atoms with Crippen LogP contribution in [0.25, 0.3) is 0 Å². The molecular formula is C42H63N7O6S. The van der Waals surface area contributed by atoms with E-state index in [4.69, 9.17) is 4.74 Å². The number of phenolic OH excluding ortho intramolecular Hbond substituents is 1. The number of amides is 4. The van der Waals surface area contributed by atoms with Crippen molar-refractivity contribution in [3.05, 3.63) is 75.7 Å². The van der Waals surface area contributed by atoms with Crippen molar-refractivity contribution in [1.82, 2.24) is 35.6 Å². The Labute approximate surface area is 336 Å². The highest BCUT2D eigenvalue weighted by Crippen LogP contribution is 2.28. The molecule has 4 rings (SSSR count). The van der Waals surface area contributed by atoms with E-state index < -0.39 is 29.6 Å². The lowest BCUT2D eigenvalue weighted by molar-refractivity contribution is -0.132. The number of methoxy groups -OCH3 is 1. The Morgan fingerprint density at radius 2 is 1.77 bits per heavy atom. The molecule has 0 aliphatic carbocycles. The number of piperazine rings is 1. The smallest absolute Gasteiger partial charge is 0.317 e. The molecule has 0 spiro atoms. The molecule has 13 nitrogen and oxygen atoms in total. The van der Waals surface area contributed by atoms with Crippen molar-refractivity contribution in [3.8, 4) is 11.5 Å². The molecule has 4 amide bonds. The van der Waals surface area contributed by atoms with Gasteiger partial charge in [-0.05, 0) is 56.4 Å². The quantitative estimate of drug-likeness (QED) is 0.132. The molecule has 0 bridgehead atoms. The number of benzene rings is 2. The third-order valence-corrected chi connectivity index (χ3v) is 11.2. The summed E-state index contributed by atoms with van der Waals surface area (Å²) in [5.74, 6) is -0.299. The number of aromatic hydroxyl groups is 1. The number of β-amino-alcohol motifs (C(OH)–C–C–N with tert-alkyl or cyclic N) is 1. The number of thiazole rings is 1. The maximum Gasteiger partial charge on any atom is 0.317 e. The number of phenols is 1. The molecule has 1 saturated heterocycles. The van der Waals surface area contributed by atoms with Crippen LogP contribution in [0.4, 0.5) is 4.79 Å². The first kappa shape index (κ1) is 44.5. The maximum absolute atomic E-state index is 14.0. The molecule has 1 aliphatic heterocycles. The Kier molecular flexibility index (Phi) is 16.1. The van der Waals surface area contributed by atoms with E-state index >= 15 is 0 Å². The Hall–Kier alpha value is -4.24. The first-order valence-electron chi connectivity index (χ1n) is 19.5. The summed E-state index contributed by atoms with van der Waals surface area (Å²) in [5.41, 5.74) is 2.25. The van der Waals surface area contributed by atoms with E-state index in [2.05, 4.69) is 39.7 Å². The fourth-order valence-corrected chi connectivity index (χ4v) is 7.59. The summed E-state index contributed by atoms with van der Waals surface area (Å²) < 4.78 is 5.31. The van der Waals surface area contributed by atoms with Gasteiger partial charge in [-0.1, -0.05) is 64.1 Å². The number of hydrogen-bond donors (Lipinski definition) is 5. The van der Waals surface area contributed by atoms with Gasteiger partial charge in [-0.3, -0.25) is 19.4 Å². The molecule has 0 saturated carbocycles. The van der Waals surface area contributed by atoms with Gasteiger partial charge in [0.1, 0.15) is 6.04 Å². The molecule has 2 heterocycles. The number of nitrogens with zero attached hydrogens (tertiary/aromatic N) is 4. The third-order valence-electron chi connectivity index (χ3n) is 9.96. The summed E-state index contributed by atoms with van der Waals surface area (Å²) in [7, 11) is 3.22. The van der Waals surface area contributed by atoms with E-state index in [1.807, 2.05) is 81.3 Å². The fraction of sp³-hybridized carbons (Fsp3) is 0.571. The van der Waals surface area contributed by atoms with Gasteiger partial charge in [-0.25, -0.2) is 9.78 Å². The molecule has 5 N–H and O–H groups in total. The molecule has 0 unspecified atom stereocenters. The number of ether oxygens (including phenoxy) is 1. The van der Waals surface area contributed by atoms with Crippen LogP contribution >= 0.6 is 11.3 Å². The summed E-state index contributed by atoms with van der Waals surface area (Å²) in [6, 6.07) is 13.4. The summed E-state index contributed by atoms with van der Waals surface area (Å²) >= 11 is 1.58. The van der Waals surface area contributed by atoms with Crippen LogP contribution in [0.3, 0.4) is 0 Å². The molecule has 4 atom stereocenters. The lowest BCUT2D eigenvalue weighted by Gasteiger charge is -2.43. The summed E-state index contributed by atoms with van der Waals surface area (Å²) in [6.07, 6.45) is -0.638. The zero-order valence-electron chi connectivity index (χ0n) is 34.5. The first-order chi connectivity index (χ1) is 26.4. The molecule has 1 aromatic heterocycles. The molecule has 0 radical (unpaired) electrons. The normalized spacial score (nSPS) is 17.0. The molecule has 1 fully saturated rings. The highest BCUT2D eigenvalue weighted by molar-refractivity contribution is 7.09. The molecule has 2 aromatic carbocycles. The van der Waals surface area contributed by atoms with E-state index in [0.29, 0.717) is 50.8 Å². The standard InChI is InChI=1S/C42H63N7O6S/c1-27(2)32(21-43-41(54)47(8)23-31-26-56-40(44-31)28(3)4)38(52)45-33(19-29-13-11-10-12-14-29)36(51)25-49-18-17-48(24-34(49)39(53)46-42(5,6)7)22-30-15-16-35(50)37(20-30)55-9/h10-16,20,26-28,32-34,36,50-51H,17-19,21-25H2,1-9H3,(H,43,54)(H,45,52)(H,46,53)/t32-,33-,34-,36+/m1/s1. The van der Waals surface area contributed by atoms with Gasteiger partial charge in [0.15, 0.2) is 11.5 Å². The number of nitrogens with one attached hydrogen (secondary N) is 3. The van der Waals surface area contributed by atoms with Crippen molar-refractivity contribution in [3.63, 3.8) is 0 Å². The van der Waals surface area contributed by atoms with Gasteiger partial charge in [0.2, 0.25) is 11.8 Å². The zero-order valence-corrected chi connectivity index (χ0v) is 35.4. The van der Waals surface area contributed by atoms with Crippen molar-refractivity contribution in [2.45, 2.75) is 97.6 Å². The number of urea groups is 1. The largest absolute Gasteiger partial charge is 0.504 e. The topological polar surface area (TPSA) is 160 Å². The Morgan fingerprint density at radius 3 is 2.39 bits per heavy atom. The number of carbonyl (C=O) groups is 3. The minimum Gasteiger partial charge on any atom is -0.504 e. The lowest BCUT2D eigenvalue weighted by Crippen LogP contribution is -2.63. The van der Waals surface area contributed by atoms with Crippen molar-refractivity contribution in [2.75, 3.05) is 46.9 Å². The van der Waals surface area contributed by atoms with Gasteiger partial charge in [0, 0.05) is 63.2 Å². The van der Waals surface area contributed by atoms with Crippen LogP contribution in [0.1, 0.15) is 76.2 Å². The molecular weight excluding hydrogens is 731 g/mol. The van der Waals surface area contributed by atoms with E-state index in [-0.39, 0.29) is 42.6 Å². The van der Waals surface area contributed by atoms with Gasteiger partial charge < -0.3 is 35.8 Å². The second kappa shape index (κ2) is 20.3. The molecule has 56 heavy (non-hydrogen) atoms. The second-order valence-corrected chi connectivity index (χ2v) is 17.5. The van der Waals surface area contributed by atoms with Crippen molar-refractivity contribution < 1.29 is 29.3 Å². The van der Waals surface area contributed by atoms with Crippen LogP contribution in [0.2, 0.25) is 0 Å². The highest BCUT2D eigenvalue weighted by Gasteiger charge is 2.37. The maximum atomic E-state index is 14.0. The summed E-state index contributed by atoms with van der Waals surface area (Å²) in [6.45, 7) is 16.6. The minimum absolute atomic E-state index is 0.0643. The average molecular weight is 794 g/mol. The highest BCUT2D eigenvalue weighted by atomic mass is 32.1. The number of aliphatic hydroxyl groups excluding tert-OH is 1. The van der Waals surface area contributed by atoms with E-state index in [9.17, 15) is 24.6 Å². The van der Waals surface area contributed by atoms with Crippen molar-refractivity contribution >= 4 is 29.2 Å². The van der Waals surface area contributed by atoms with Gasteiger partial charge in [0.25, 0.3) is 0 Å². The lowest BCUT2D eigenvalue weighted by atomic mass is 9.93. The zero-order chi connectivity index (χ0) is 41.2. The second-order valence-electron chi connectivity index (χ2n) is 16.6. The average Bonchev–Trinajstić information content (AvgIpc) is 3.61.